The number of hydrogen-bond acceptors (Lipinski definition) is 3. The summed E-state index contributed by atoms with van der Waals surface area (Å²) in [7, 11) is 0. The zero-order valence-electron chi connectivity index (χ0n) is 13.0. The van der Waals surface area contributed by atoms with Crippen molar-refractivity contribution in [2.24, 2.45) is 11.3 Å². The molecule has 2 heterocycles. The molecule has 3 aliphatic rings. The van der Waals surface area contributed by atoms with E-state index in [4.69, 9.17) is 9.47 Å². The van der Waals surface area contributed by atoms with Crippen LogP contribution >= 0.6 is 0 Å². The highest BCUT2D eigenvalue weighted by molar-refractivity contribution is 5.00. The molecule has 2 aliphatic heterocycles. The first-order valence-corrected chi connectivity index (χ1v) is 8.78. The van der Waals surface area contributed by atoms with Crippen LogP contribution in [0.3, 0.4) is 0 Å². The molecular formula is C17H31NO2. The van der Waals surface area contributed by atoms with Gasteiger partial charge in [-0.15, -0.1) is 0 Å². The van der Waals surface area contributed by atoms with Gasteiger partial charge in [-0.05, 0) is 63.8 Å². The maximum Gasteiger partial charge on any atom is 0.0672 e. The van der Waals surface area contributed by atoms with E-state index in [9.17, 15) is 0 Å². The number of rotatable bonds is 8. The van der Waals surface area contributed by atoms with Gasteiger partial charge in [0.2, 0.25) is 0 Å². The molecule has 0 aromatic heterocycles. The maximum atomic E-state index is 6.16. The van der Waals surface area contributed by atoms with E-state index in [2.05, 4.69) is 12.2 Å². The van der Waals surface area contributed by atoms with Gasteiger partial charge in [-0.3, -0.25) is 0 Å². The van der Waals surface area contributed by atoms with Gasteiger partial charge >= 0.3 is 0 Å². The van der Waals surface area contributed by atoms with Crippen molar-refractivity contribution in [3.05, 3.63) is 0 Å². The molecule has 3 rings (SSSR count). The van der Waals surface area contributed by atoms with E-state index in [1.807, 2.05) is 0 Å². The van der Waals surface area contributed by atoms with Crippen molar-refractivity contribution in [3.63, 3.8) is 0 Å². The second-order valence-corrected chi connectivity index (χ2v) is 7.09. The molecule has 3 unspecified atom stereocenters. The Kier molecular flexibility index (Phi) is 5.00. The Labute approximate surface area is 123 Å². The summed E-state index contributed by atoms with van der Waals surface area (Å²) in [6, 6.07) is 0. The lowest BCUT2D eigenvalue weighted by atomic mass is 9.74. The number of hydrogen-bond donors (Lipinski definition) is 1. The van der Waals surface area contributed by atoms with Crippen LogP contribution in [0.5, 0.6) is 0 Å². The van der Waals surface area contributed by atoms with Crippen molar-refractivity contribution in [2.45, 2.75) is 70.5 Å². The van der Waals surface area contributed by atoms with Crippen LogP contribution in [0.25, 0.3) is 0 Å². The van der Waals surface area contributed by atoms with Crippen LogP contribution in [0, 0.1) is 11.3 Å². The molecule has 1 aliphatic carbocycles. The lowest BCUT2D eigenvalue weighted by Crippen LogP contribution is -2.42. The molecule has 3 atom stereocenters. The lowest BCUT2D eigenvalue weighted by Gasteiger charge is -2.35. The smallest absolute Gasteiger partial charge is 0.0672 e. The van der Waals surface area contributed by atoms with Crippen LogP contribution in [0.2, 0.25) is 0 Å². The largest absolute Gasteiger partial charge is 0.378 e. The second-order valence-electron chi connectivity index (χ2n) is 7.09. The van der Waals surface area contributed by atoms with E-state index in [1.165, 1.54) is 51.4 Å². The molecule has 3 fully saturated rings. The van der Waals surface area contributed by atoms with Gasteiger partial charge in [-0.25, -0.2) is 0 Å². The summed E-state index contributed by atoms with van der Waals surface area (Å²) in [6.45, 7) is 6.48. The molecule has 0 aromatic rings. The summed E-state index contributed by atoms with van der Waals surface area (Å²) < 4.78 is 12.0. The molecule has 1 saturated carbocycles. The molecule has 2 saturated heterocycles. The third-order valence-electron chi connectivity index (χ3n) is 5.44. The first-order chi connectivity index (χ1) is 9.84. The molecule has 0 amide bonds. The van der Waals surface area contributed by atoms with Crippen LogP contribution in [-0.4, -0.2) is 38.5 Å². The van der Waals surface area contributed by atoms with Gasteiger partial charge in [0.25, 0.3) is 0 Å². The second kappa shape index (κ2) is 6.76. The highest BCUT2D eigenvalue weighted by Gasteiger charge is 2.50. The van der Waals surface area contributed by atoms with Gasteiger partial charge in [-0.2, -0.15) is 0 Å². The van der Waals surface area contributed by atoms with Gasteiger partial charge in [0.05, 0.1) is 12.2 Å². The highest BCUT2D eigenvalue weighted by Crippen LogP contribution is 2.50. The van der Waals surface area contributed by atoms with Gasteiger partial charge in [0, 0.05) is 25.2 Å². The minimum atomic E-state index is 0.391. The van der Waals surface area contributed by atoms with E-state index in [0.717, 1.165) is 32.2 Å². The topological polar surface area (TPSA) is 30.5 Å². The molecule has 3 nitrogen and oxygen atoms in total. The van der Waals surface area contributed by atoms with Crippen molar-refractivity contribution < 1.29 is 9.47 Å². The molecule has 0 aromatic carbocycles. The molecule has 1 N–H and O–H groups in total. The minimum Gasteiger partial charge on any atom is -0.378 e. The van der Waals surface area contributed by atoms with E-state index < -0.39 is 0 Å². The Hall–Kier alpha value is -0.120. The molecule has 0 bridgehead atoms. The summed E-state index contributed by atoms with van der Waals surface area (Å²) in [4.78, 5) is 0. The Bertz CT molecular complexity index is 299. The standard InChI is InChI=1S/C17H31NO2/c1-2-10-18-13-17(8-7-15-4-3-11-19-15)9-12-20-16(17)14-5-6-14/h14-16,18H,2-13H2,1H3. The van der Waals surface area contributed by atoms with Crippen molar-refractivity contribution >= 4 is 0 Å². The molecule has 20 heavy (non-hydrogen) atoms. The molecule has 3 heteroatoms. The van der Waals surface area contributed by atoms with E-state index >= 15 is 0 Å². The third-order valence-corrected chi connectivity index (χ3v) is 5.44. The van der Waals surface area contributed by atoms with E-state index in [0.29, 0.717) is 17.6 Å². The van der Waals surface area contributed by atoms with Gasteiger partial charge in [0.15, 0.2) is 0 Å². The number of nitrogens with one attached hydrogen (secondary N) is 1. The predicted molar refractivity (Wildman–Crippen MR) is 80.9 cm³/mol. The quantitative estimate of drug-likeness (QED) is 0.693. The van der Waals surface area contributed by atoms with Crippen molar-refractivity contribution in [1.82, 2.24) is 5.32 Å². The van der Waals surface area contributed by atoms with Crippen molar-refractivity contribution in [3.8, 4) is 0 Å². The first kappa shape index (κ1) is 14.8. The van der Waals surface area contributed by atoms with E-state index in [1.54, 1.807) is 0 Å². The maximum absolute atomic E-state index is 6.16. The predicted octanol–water partition coefficient (Wildman–Crippen LogP) is 3.13. The summed E-state index contributed by atoms with van der Waals surface area (Å²) in [6.07, 6.45) is 11.3. The zero-order valence-corrected chi connectivity index (χ0v) is 13.0. The van der Waals surface area contributed by atoms with Crippen LogP contribution in [0.1, 0.15) is 58.3 Å². The van der Waals surface area contributed by atoms with E-state index in [-0.39, 0.29) is 0 Å². The monoisotopic (exact) mass is 281 g/mol. The summed E-state index contributed by atoms with van der Waals surface area (Å²) in [5, 5.41) is 3.69. The summed E-state index contributed by atoms with van der Waals surface area (Å²) in [5.41, 5.74) is 0.391. The van der Waals surface area contributed by atoms with Crippen LogP contribution < -0.4 is 5.32 Å². The Morgan fingerprint density at radius 2 is 2.05 bits per heavy atom. The van der Waals surface area contributed by atoms with Gasteiger partial charge in [-0.1, -0.05) is 6.92 Å². The molecular weight excluding hydrogens is 250 g/mol. The van der Waals surface area contributed by atoms with Gasteiger partial charge in [0.1, 0.15) is 0 Å². The summed E-state index contributed by atoms with van der Waals surface area (Å²) in [5.74, 6) is 0.852. The minimum absolute atomic E-state index is 0.391. The normalized spacial score (nSPS) is 37.6. The third kappa shape index (κ3) is 3.37. The molecule has 0 spiro atoms. The van der Waals surface area contributed by atoms with Crippen molar-refractivity contribution in [2.75, 3.05) is 26.3 Å². The lowest BCUT2D eigenvalue weighted by molar-refractivity contribution is 0.0156. The first-order valence-electron chi connectivity index (χ1n) is 8.78. The van der Waals surface area contributed by atoms with Crippen LogP contribution in [-0.2, 0) is 9.47 Å². The zero-order chi connectivity index (χ0) is 13.8. The average Bonchev–Trinajstić information content (AvgIpc) is 3.01. The molecule has 0 radical (unpaired) electrons. The molecule has 116 valence electrons. The van der Waals surface area contributed by atoms with Crippen LogP contribution in [0.15, 0.2) is 0 Å². The van der Waals surface area contributed by atoms with Crippen LogP contribution in [0.4, 0.5) is 0 Å². The SMILES string of the molecule is CCCNCC1(CCC2CCCO2)CCOC1C1CC1. The Balaban J connectivity index is 1.59. The van der Waals surface area contributed by atoms with Crippen molar-refractivity contribution in [1.29, 1.82) is 0 Å². The fourth-order valence-corrected chi connectivity index (χ4v) is 4.12. The Morgan fingerprint density at radius 3 is 2.75 bits per heavy atom. The highest BCUT2D eigenvalue weighted by atomic mass is 16.5. The average molecular weight is 281 g/mol. The fourth-order valence-electron chi connectivity index (χ4n) is 4.12. The number of ether oxygens (including phenoxy) is 2. The Morgan fingerprint density at radius 1 is 1.15 bits per heavy atom. The van der Waals surface area contributed by atoms with Gasteiger partial charge < -0.3 is 14.8 Å². The summed E-state index contributed by atoms with van der Waals surface area (Å²) >= 11 is 0. The fraction of sp³-hybridized carbons (Fsp3) is 1.00.